The van der Waals surface area contributed by atoms with Crippen molar-refractivity contribution in [2.24, 2.45) is 0 Å². The van der Waals surface area contributed by atoms with Gasteiger partial charge in [0.1, 0.15) is 12.4 Å². The van der Waals surface area contributed by atoms with Crippen molar-refractivity contribution in [3.8, 4) is 33.6 Å². The summed E-state index contributed by atoms with van der Waals surface area (Å²) in [4.78, 5) is 33.0. The Bertz CT molecular complexity index is 1890. The fourth-order valence-electron chi connectivity index (χ4n) is 5.05. The smallest absolute Gasteiger partial charge is 0.341 e. The van der Waals surface area contributed by atoms with Crippen molar-refractivity contribution in [1.29, 1.82) is 0 Å². The Morgan fingerprint density at radius 1 is 0.875 bits per heavy atom. The molecule has 1 N–H and O–H groups in total. The monoisotopic (exact) mass is 689 g/mol. The number of hydrogen-bond donors (Lipinski definition) is 1. The molecule has 0 bridgehead atoms. The quantitative estimate of drug-likeness (QED) is 0.0375. The lowest BCUT2D eigenvalue weighted by atomic mass is 9.96. The van der Waals surface area contributed by atoms with E-state index in [9.17, 15) is 23.9 Å². The van der Waals surface area contributed by atoms with Crippen LogP contribution in [0.25, 0.3) is 33.6 Å². The second-order valence-electron chi connectivity index (χ2n) is 10.4. The van der Waals surface area contributed by atoms with E-state index in [1.165, 1.54) is 48.2 Å². The summed E-state index contributed by atoms with van der Waals surface area (Å²) >= 11 is 1.51. The number of hydrogen-bond acceptors (Lipinski definition) is 9. The third-order valence-electron chi connectivity index (χ3n) is 7.25. The number of halogens is 1. The number of rotatable bonds is 15. The number of carbonyl (C=O) groups is 1. The van der Waals surface area contributed by atoms with Crippen molar-refractivity contribution in [1.82, 2.24) is 9.97 Å². The average Bonchev–Trinajstić information content (AvgIpc) is 3.49. The van der Waals surface area contributed by atoms with Gasteiger partial charge in [0.15, 0.2) is 0 Å². The second kappa shape index (κ2) is 16.0. The molecule has 0 atom stereocenters. The Kier molecular flexibility index (Phi) is 11.6. The minimum absolute atomic E-state index is 0.0684. The minimum atomic E-state index is -3.17. The highest BCUT2D eigenvalue weighted by Gasteiger charge is 2.28. The molecule has 0 spiro atoms. The maximum atomic E-state index is 14.0. The van der Waals surface area contributed by atoms with E-state index in [4.69, 9.17) is 13.8 Å². The van der Waals surface area contributed by atoms with Crippen LogP contribution in [-0.4, -0.2) is 46.0 Å². The van der Waals surface area contributed by atoms with Crippen molar-refractivity contribution >= 4 is 31.0 Å². The fourth-order valence-corrected chi connectivity index (χ4v) is 7.99. The van der Waals surface area contributed by atoms with Gasteiger partial charge in [-0.15, -0.1) is 11.8 Å². The van der Waals surface area contributed by atoms with E-state index >= 15 is 0 Å². The number of pyridine rings is 1. The molecule has 0 aliphatic rings. The molecule has 5 aromatic rings. The number of carbonyl (C=O) groups excluding carboxylic acids is 1. The number of H-pyrrole nitrogens is 1. The number of benzene rings is 3. The maximum absolute atomic E-state index is 14.0. The number of nitrogens with zero attached hydrogens (tertiary/aromatic N) is 2. The topological polar surface area (TPSA) is 134 Å². The van der Waals surface area contributed by atoms with E-state index in [2.05, 4.69) is 9.97 Å². The predicted molar refractivity (Wildman–Crippen MR) is 184 cm³/mol. The van der Waals surface area contributed by atoms with Gasteiger partial charge in [-0.2, -0.15) is 0 Å². The highest BCUT2D eigenvalue weighted by atomic mass is 32.2. The van der Waals surface area contributed by atoms with Crippen LogP contribution in [0.5, 0.6) is 0 Å². The Labute approximate surface area is 281 Å². The molecule has 2 aromatic heterocycles. The first-order valence-electron chi connectivity index (χ1n) is 15.2. The molecule has 48 heavy (non-hydrogen) atoms. The molecule has 0 unspecified atom stereocenters. The molecule has 0 saturated heterocycles. The lowest BCUT2D eigenvalue weighted by molar-refractivity contribution is -0.384. The van der Waals surface area contributed by atoms with Gasteiger partial charge in [0.2, 0.25) is 0 Å². The largest absolute Gasteiger partial charge is 0.457 e. The van der Waals surface area contributed by atoms with E-state index in [1.807, 2.05) is 24.3 Å². The zero-order valence-corrected chi connectivity index (χ0v) is 28.0. The number of esters is 1. The molecule has 0 saturated carbocycles. The summed E-state index contributed by atoms with van der Waals surface area (Å²) in [5.41, 5.74) is 4.43. The zero-order valence-electron chi connectivity index (χ0n) is 26.3. The lowest BCUT2D eigenvalue weighted by Crippen LogP contribution is -2.07. The first-order valence-corrected chi connectivity index (χ1v) is 17.9. The number of thioether (sulfide) groups is 1. The Balaban J connectivity index is 1.51. The van der Waals surface area contributed by atoms with Crippen LogP contribution < -0.4 is 0 Å². The van der Waals surface area contributed by atoms with Gasteiger partial charge >= 0.3 is 13.6 Å². The molecule has 2 heterocycles. The molecule has 0 radical (unpaired) electrons. The molecule has 5 rings (SSSR count). The minimum Gasteiger partial charge on any atom is -0.457 e. The van der Waals surface area contributed by atoms with Gasteiger partial charge < -0.3 is 18.8 Å². The number of non-ortho nitro benzene ring substituents is 1. The molecular formula is C35H33FN3O7PS. The molecule has 0 amide bonds. The summed E-state index contributed by atoms with van der Waals surface area (Å²) in [6.45, 7) is 4.03. The Morgan fingerprint density at radius 3 is 2.08 bits per heavy atom. The molecule has 248 valence electrons. The number of nitro benzene ring substituents is 1. The third kappa shape index (κ3) is 8.45. The molecule has 10 nitrogen and oxygen atoms in total. The van der Waals surface area contributed by atoms with Gasteiger partial charge in [-0.05, 0) is 96.8 Å². The van der Waals surface area contributed by atoms with Crippen LogP contribution in [0.3, 0.4) is 0 Å². The van der Waals surface area contributed by atoms with Crippen LogP contribution in [0.4, 0.5) is 10.1 Å². The van der Waals surface area contributed by atoms with E-state index in [1.54, 1.807) is 50.5 Å². The number of aromatic nitrogens is 2. The molecule has 0 fully saturated rings. The zero-order chi connectivity index (χ0) is 34.1. The van der Waals surface area contributed by atoms with Crippen LogP contribution in [0.2, 0.25) is 0 Å². The van der Waals surface area contributed by atoms with Crippen LogP contribution in [-0.2, 0) is 25.0 Å². The summed E-state index contributed by atoms with van der Waals surface area (Å²) in [5.74, 6) is -0.508. The van der Waals surface area contributed by atoms with Crippen molar-refractivity contribution in [3.63, 3.8) is 0 Å². The van der Waals surface area contributed by atoms with Crippen molar-refractivity contribution < 1.29 is 32.5 Å². The SMILES string of the molecule is CCOP(=O)(CCSc1ccc(-c2[nH]c(-c3ccc(F)cc3)c(-c3ccncc3)c2C(=O)OCc2ccc([N+](=O)[O-])cc2)cc1)OCC. The van der Waals surface area contributed by atoms with E-state index in [-0.39, 0.29) is 24.0 Å². The van der Waals surface area contributed by atoms with Crippen molar-refractivity contribution in [2.45, 2.75) is 25.3 Å². The lowest BCUT2D eigenvalue weighted by Gasteiger charge is -2.16. The first kappa shape index (κ1) is 34.7. The Morgan fingerprint density at radius 2 is 1.48 bits per heavy atom. The number of ether oxygens (including phenoxy) is 1. The van der Waals surface area contributed by atoms with Gasteiger partial charge in [-0.25, -0.2) is 9.18 Å². The van der Waals surface area contributed by atoms with Crippen molar-refractivity contribution in [2.75, 3.05) is 25.1 Å². The Hall–Kier alpha value is -4.61. The highest BCUT2D eigenvalue weighted by molar-refractivity contribution is 7.99. The van der Waals surface area contributed by atoms with Gasteiger partial charge in [-0.3, -0.25) is 19.7 Å². The van der Waals surface area contributed by atoms with E-state index in [0.29, 0.717) is 58.2 Å². The van der Waals surface area contributed by atoms with Crippen molar-refractivity contribution in [3.05, 3.63) is 124 Å². The van der Waals surface area contributed by atoms with Crippen LogP contribution >= 0.6 is 19.4 Å². The first-order chi connectivity index (χ1) is 23.2. The van der Waals surface area contributed by atoms with Crippen LogP contribution in [0.15, 0.2) is 102 Å². The molecular weight excluding hydrogens is 656 g/mol. The summed E-state index contributed by atoms with van der Waals surface area (Å²) in [7, 11) is -3.17. The van der Waals surface area contributed by atoms with Gasteiger partial charge in [0, 0.05) is 40.7 Å². The van der Waals surface area contributed by atoms with Gasteiger partial charge in [0.05, 0.1) is 41.3 Å². The predicted octanol–water partition coefficient (Wildman–Crippen LogP) is 9.17. The number of aromatic amines is 1. The highest BCUT2D eigenvalue weighted by Crippen LogP contribution is 2.48. The summed E-state index contributed by atoms with van der Waals surface area (Å²) in [5, 5.41) is 11.1. The maximum Gasteiger partial charge on any atom is 0.341 e. The van der Waals surface area contributed by atoms with E-state index in [0.717, 1.165) is 4.90 Å². The van der Waals surface area contributed by atoms with E-state index < -0.39 is 24.3 Å². The average molecular weight is 690 g/mol. The fraction of sp³-hybridized carbons (Fsp3) is 0.200. The van der Waals surface area contributed by atoms with Crippen LogP contribution in [0, 0.1) is 15.9 Å². The van der Waals surface area contributed by atoms with Gasteiger partial charge in [-0.1, -0.05) is 12.1 Å². The van der Waals surface area contributed by atoms with Crippen LogP contribution in [0.1, 0.15) is 29.8 Å². The standard InChI is InChI=1S/C35H33FN3O7PS/c1-3-45-47(43,46-4-2)21-22-48-30-15-9-27(10-16-30)34-32(35(40)44-23-24-5-13-29(14-6-24)39(41)42)31(25-17-19-37-20-18-25)33(38-34)26-7-11-28(36)12-8-26/h5-20,38H,3-4,21-23H2,1-2H3. The summed E-state index contributed by atoms with van der Waals surface area (Å²) in [6.07, 6.45) is 3.49. The molecule has 0 aliphatic carbocycles. The summed E-state index contributed by atoms with van der Waals surface area (Å²) in [6, 6.07) is 22.8. The molecule has 3 aromatic carbocycles. The normalized spacial score (nSPS) is 11.4. The number of nitrogens with one attached hydrogen (secondary N) is 1. The molecule has 0 aliphatic heterocycles. The third-order valence-corrected chi connectivity index (χ3v) is 10.6. The second-order valence-corrected chi connectivity index (χ2v) is 13.8. The molecule has 13 heteroatoms. The van der Waals surface area contributed by atoms with Gasteiger partial charge in [0.25, 0.3) is 5.69 Å². The number of nitro groups is 1. The summed E-state index contributed by atoms with van der Waals surface area (Å²) < 4.78 is 43.4.